The monoisotopic (exact) mass is 444 g/mol. The Bertz CT molecular complexity index is 1150. The largest absolute Gasteiger partial charge is 0.395 e. The van der Waals surface area contributed by atoms with E-state index < -0.39 is 0 Å². The molecule has 1 fully saturated rings. The number of nitrogens with one attached hydrogen (secondary N) is 3. The molecule has 1 aromatic heterocycles. The van der Waals surface area contributed by atoms with Crippen LogP contribution in [-0.2, 0) is 6.54 Å². The molecule has 0 bridgehead atoms. The summed E-state index contributed by atoms with van der Waals surface area (Å²) in [4.78, 5) is 17.6. The smallest absolute Gasteiger partial charge is 0.274 e. The van der Waals surface area contributed by atoms with E-state index in [0.29, 0.717) is 24.7 Å². The van der Waals surface area contributed by atoms with Crippen molar-refractivity contribution in [2.45, 2.75) is 39.2 Å². The Morgan fingerprint density at radius 3 is 2.36 bits per heavy atom. The first-order valence-corrected chi connectivity index (χ1v) is 11.5. The van der Waals surface area contributed by atoms with Gasteiger partial charge in [-0.25, -0.2) is 0 Å². The molecule has 4 rings (SSSR count). The number of carbonyl (C=O) groups is 1. The van der Waals surface area contributed by atoms with E-state index in [0.717, 1.165) is 46.5 Å². The van der Waals surface area contributed by atoms with E-state index in [9.17, 15) is 4.79 Å². The lowest BCUT2D eigenvalue weighted by Crippen LogP contribution is -2.20. The van der Waals surface area contributed by atoms with E-state index in [1.54, 1.807) is 6.20 Å². The molecule has 0 saturated heterocycles. The van der Waals surface area contributed by atoms with Gasteiger partial charge in [-0.15, -0.1) is 0 Å². The summed E-state index contributed by atoms with van der Waals surface area (Å²) < 4.78 is 0. The number of hydrogen-bond donors (Lipinski definition) is 4. The van der Waals surface area contributed by atoms with Crippen molar-refractivity contribution in [3.63, 3.8) is 0 Å². The summed E-state index contributed by atoms with van der Waals surface area (Å²) in [5.74, 6) is 0.297. The molecule has 1 heterocycles. The molecule has 4 N–H and O–H groups in total. The number of nitrogens with zero attached hydrogens (tertiary/aromatic N) is 1. The topological polar surface area (TPSA) is 86.3 Å². The summed E-state index contributed by atoms with van der Waals surface area (Å²) in [5.41, 5.74) is 9.03. The minimum Gasteiger partial charge on any atom is -0.395 e. The van der Waals surface area contributed by atoms with Crippen molar-refractivity contribution in [2.24, 2.45) is 0 Å². The van der Waals surface area contributed by atoms with Gasteiger partial charge in [0.15, 0.2) is 0 Å². The van der Waals surface area contributed by atoms with Crippen LogP contribution in [0.25, 0.3) is 11.1 Å². The number of amides is 1. The fourth-order valence-corrected chi connectivity index (χ4v) is 4.30. The van der Waals surface area contributed by atoms with Crippen LogP contribution in [-0.4, -0.2) is 36.2 Å². The van der Waals surface area contributed by atoms with Crippen LogP contribution in [0.1, 0.15) is 51.5 Å². The number of aliphatic hydroxyl groups is 1. The summed E-state index contributed by atoms with van der Waals surface area (Å²) in [6.07, 6.45) is 4.08. The van der Waals surface area contributed by atoms with Crippen molar-refractivity contribution < 1.29 is 9.90 Å². The lowest BCUT2D eigenvalue weighted by atomic mass is 9.94. The number of carbonyl (C=O) groups excluding carboxylic acids is 1. The Morgan fingerprint density at radius 2 is 1.73 bits per heavy atom. The molecule has 2 aromatic carbocycles. The third kappa shape index (κ3) is 5.07. The number of hydrogen-bond acceptors (Lipinski definition) is 5. The van der Waals surface area contributed by atoms with Crippen LogP contribution in [0.3, 0.4) is 0 Å². The Hall–Kier alpha value is -3.22. The van der Waals surface area contributed by atoms with Gasteiger partial charge in [-0.3, -0.25) is 9.78 Å². The highest BCUT2D eigenvalue weighted by atomic mass is 16.3. The van der Waals surface area contributed by atoms with Crippen molar-refractivity contribution in [2.75, 3.05) is 30.8 Å². The molecule has 3 aromatic rings. The second kappa shape index (κ2) is 10.1. The molecule has 172 valence electrons. The second-order valence-corrected chi connectivity index (χ2v) is 8.60. The Labute approximate surface area is 195 Å². The van der Waals surface area contributed by atoms with Crippen LogP contribution in [0.5, 0.6) is 0 Å². The van der Waals surface area contributed by atoms with E-state index >= 15 is 0 Å². The van der Waals surface area contributed by atoms with E-state index in [4.69, 9.17) is 5.11 Å². The van der Waals surface area contributed by atoms with Gasteiger partial charge in [0.25, 0.3) is 5.91 Å². The normalized spacial score (nSPS) is 13.1. The molecular weight excluding hydrogens is 412 g/mol. The number of pyridine rings is 1. The van der Waals surface area contributed by atoms with E-state index in [2.05, 4.69) is 46.1 Å². The molecule has 6 heteroatoms. The highest BCUT2D eigenvalue weighted by molar-refractivity contribution is 6.04. The summed E-state index contributed by atoms with van der Waals surface area (Å²) in [6, 6.07) is 14.1. The zero-order chi connectivity index (χ0) is 23.4. The highest BCUT2D eigenvalue weighted by Gasteiger charge is 2.27. The third-order valence-corrected chi connectivity index (χ3v) is 6.35. The molecule has 33 heavy (non-hydrogen) atoms. The molecule has 0 atom stereocenters. The van der Waals surface area contributed by atoms with Crippen molar-refractivity contribution >= 4 is 17.3 Å². The molecule has 1 aliphatic rings. The Balaban J connectivity index is 1.58. The van der Waals surface area contributed by atoms with Gasteiger partial charge in [0.1, 0.15) is 5.69 Å². The molecule has 6 nitrogen and oxygen atoms in total. The minimum atomic E-state index is -0.201. The van der Waals surface area contributed by atoms with E-state index in [1.165, 1.54) is 11.1 Å². The standard InChI is InChI=1S/C27H32N4O2/c1-17-21(6-4-8-24(17)28-3)22-7-5-9-25(18(22)2)31-27(33)26-14-23(19-10-11-19)20(16-30-26)15-29-12-13-32/h4-9,14,16,19,28-29,32H,10-13,15H2,1-3H3,(H,31,33). The van der Waals surface area contributed by atoms with Gasteiger partial charge in [0.2, 0.25) is 0 Å². The Morgan fingerprint density at radius 1 is 1.06 bits per heavy atom. The fourth-order valence-electron chi connectivity index (χ4n) is 4.30. The summed E-state index contributed by atoms with van der Waals surface area (Å²) in [5, 5.41) is 18.5. The van der Waals surface area contributed by atoms with Gasteiger partial charge in [-0.1, -0.05) is 24.3 Å². The quantitative estimate of drug-likeness (QED) is 0.362. The molecule has 1 aliphatic carbocycles. The lowest BCUT2D eigenvalue weighted by Gasteiger charge is -2.16. The predicted molar refractivity (Wildman–Crippen MR) is 134 cm³/mol. The van der Waals surface area contributed by atoms with Gasteiger partial charge in [-0.2, -0.15) is 0 Å². The Kier molecular flexibility index (Phi) is 7.06. The van der Waals surface area contributed by atoms with Gasteiger partial charge >= 0.3 is 0 Å². The lowest BCUT2D eigenvalue weighted by molar-refractivity contribution is 0.102. The van der Waals surface area contributed by atoms with Crippen LogP contribution in [0.4, 0.5) is 11.4 Å². The minimum absolute atomic E-state index is 0.101. The number of aliphatic hydroxyl groups excluding tert-OH is 1. The molecule has 1 saturated carbocycles. The fraction of sp³-hybridized carbons (Fsp3) is 0.333. The summed E-state index contributed by atoms with van der Waals surface area (Å²) >= 11 is 0. The third-order valence-electron chi connectivity index (χ3n) is 6.35. The molecule has 0 spiro atoms. The van der Waals surface area contributed by atoms with Gasteiger partial charge in [-0.05, 0) is 84.2 Å². The van der Waals surface area contributed by atoms with Crippen LogP contribution in [0.15, 0.2) is 48.7 Å². The predicted octanol–water partition coefficient (Wildman–Crippen LogP) is 4.62. The zero-order valence-corrected chi connectivity index (χ0v) is 19.5. The van der Waals surface area contributed by atoms with Crippen molar-refractivity contribution in [1.82, 2.24) is 10.3 Å². The van der Waals surface area contributed by atoms with E-state index in [1.807, 2.05) is 38.2 Å². The highest BCUT2D eigenvalue weighted by Crippen LogP contribution is 2.42. The maximum atomic E-state index is 13.1. The van der Waals surface area contributed by atoms with E-state index in [-0.39, 0.29) is 12.5 Å². The zero-order valence-electron chi connectivity index (χ0n) is 19.5. The number of rotatable bonds is 9. The molecule has 0 radical (unpaired) electrons. The van der Waals surface area contributed by atoms with Crippen molar-refractivity contribution in [3.8, 4) is 11.1 Å². The first-order valence-electron chi connectivity index (χ1n) is 11.5. The van der Waals surface area contributed by atoms with Crippen molar-refractivity contribution in [3.05, 3.63) is 76.6 Å². The first-order chi connectivity index (χ1) is 16.0. The van der Waals surface area contributed by atoms with Crippen molar-refractivity contribution in [1.29, 1.82) is 0 Å². The average Bonchev–Trinajstić information content (AvgIpc) is 3.66. The molecule has 1 amide bonds. The SMILES string of the molecule is CNc1cccc(-c2cccc(NC(=O)c3cc(C4CC4)c(CNCCO)cn3)c2C)c1C. The maximum absolute atomic E-state index is 13.1. The van der Waals surface area contributed by atoms with Gasteiger partial charge < -0.3 is 21.1 Å². The first kappa shape index (κ1) is 23.0. The van der Waals surface area contributed by atoms with Gasteiger partial charge in [0.05, 0.1) is 6.61 Å². The van der Waals surface area contributed by atoms with Crippen LogP contribution in [0, 0.1) is 13.8 Å². The maximum Gasteiger partial charge on any atom is 0.274 e. The summed E-state index contributed by atoms with van der Waals surface area (Å²) in [7, 11) is 1.92. The number of anilines is 2. The second-order valence-electron chi connectivity index (χ2n) is 8.60. The van der Waals surface area contributed by atoms with Crippen LogP contribution < -0.4 is 16.0 Å². The average molecular weight is 445 g/mol. The van der Waals surface area contributed by atoms with Crippen LogP contribution in [0.2, 0.25) is 0 Å². The molecule has 0 aliphatic heterocycles. The van der Waals surface area contributed by atoms with Gasteiger partial charge in [0, 0.05) is 37.7 Å². The molecular formula is C27H32N4O2. The number of aromatic nitrogens is 1. The van der Waals surface area contributed by atoms with Crippen LogP contribution >= 0.6 is 0 Å². The summed E-state index contributed by atoms with van der Waals surface area (Å²) in [6.45, 7) is 5.43. The number of benzene rings is 2. The molecule has 0 unspecified atom stereocenters.